The minimum atomic E-state index is 0.847. The van der Waals surface area contributed by atoms with E-state index in [4.69, 9.17) is 9.47 Å². The first-order chi connectivity index (χ1) is 30.2. The number of para-hydroxylation sites is 9. The van der Waals surface area contributed by atoms with E-state index >= 15 is 0 Å². The zero-order valence-electron chi connectivity index (χ0n) is 33.0. The van der Waals surface area contributed by atoms with Gasteiger partial charge in [-0.3, -0.25) is 0 Å². The quantitative estimate of drug-likeness (QED) is 0.177. The minimum Gasteiger partial charge on any atom is -0.453 e. The summed E-state index contributed by atoms with van der Waals surface area (Å²) in [5.41, 5.74) is 13.5. The van der Waals surface area contributed by atoms with Crippen LogP contribution in [0.4, 0.5) is 34.1 Å². The van der Waals surface area contributed by atoms with Crippen molar-refractivity contribution in [1.82, 2.24) is 4.57 Å². The third kappa shape index (κ3) is 5.06. The van der Waals surface area contributed by atoms with Crippen LogP contribution in [0.3, 0.4) is 0 Å². The number of ether oxygens (including phenoxy) is 2. The molecule has 5 nitrogen and oxygen atoms in total. The fourth-order valence-electron chi connectivity index (χ4n) is 9.66. The summed E-state index contributed by atoms with van der Waals surface area (Å²) in [7, 11) is 2.24. The third-order valence-electron chi connectivity index (χ3n) is 12.4. The molecule has 288 valence electrons. The van der Waals surface area contributed by atoms with Crippen molar-refractivity contribution in [3.8, 4) is 45.3 Å². The molecular weight excluding hydrogens is 767 g/mol. The summed E-state index contributed by atoms with van der Waals surface area (Å²) in [6.07, 6.45) is 0. The zero-order valence-corrected chi connectivity index (χ0v) is 33.9. The first kappa shape index (κ1) is 34.1. The largest absolute Gasteiger partial charge is 0.453 e. The molecule has 4 heterocycles. The van der Waals surface area contributed by atoms with Gasteiger partial charge in [0.15, 0.2) is 23.0 Å². The number of aryl methyl sites for hydroxylation is 1. The normalized spacial score (nSPS) is 12.9. The summed E-state index contributed by atoms with van der Waals surface area (Å²) >= 11 is 1.89. The second-order valence-electron chi connectivity index (χ2n) is 15.7. The maximum absolute atomic E-state index is 6.33. The van der Waals surface area contributed by atoms with E-state index in [1.807, 2.05) is 59.9 Å². The van der Waals surface area contributed by atoms with E-state index < -0.39 is 0 Å². The van der Waals surface area contributed by atoms with Crippen LogP contribution in [0.15, 0.2) is 194 Å². The predicted molar refractivity (Wildman–Crippen MR) is 254 cm³/mol. The van der Waals surface area contributed by atoms with Crippen molar-refractivity contribution in [2.75, 3.05) is 9.80 Å². The van der Waals surface area contributed by atoms with Crippen molar-refractivity contribution in [2.45, 2.75) is 0 Å². The third-order valence-corrected chi connectivity index (χ3v) is 13.6. The number of benzene rings is 9. The van der Waals surface area contributed by atoms with Crippen LogP contribution in [-0.2, 0) is 7.05 Å². The number of aromatic nitrogens is 1. The van der Waals surface area contributed by atoms with Crippen molar-refractivity contribution >= 4 is 87.4 Å². The lowest BCUT2D eigenvalue weighted by atomic mass is 9.97. The van der Waals surface area contributed by atoms with Gasteiger partial charge in [0.2, 0.25) is 0 Å². The van der Waals surface area contributed by atoms with E-state index in [-0.39, 0.29) is 0 Å². The number of rotatable bonds is 4. The van der Waals surface area contributed by atoms with Crippen LogP contribution >= 0.6 is 11.3 Å². The highest BCUT2D eigenvalue weighted by Crippen LogP contribution is 2.53. The van der Waals surface area contributed by atoms with Gasteiger partial charge in [0.1, 0.15) is 0 Å². The van der Waals surface area contributed by atoms with Crippen molar-refractivity contribution in [3.05, 3.63) is 194 Å². The Morgan fingerprint density at radius 2 is 0.852 bits per heavy atom. The van der Waals surface area contributed by atoms with E-state index in [1.165, 1.54) is 64.2 Å². The Balaban J connectivity index is 0.981. The summed E-state index contributed by atoms with van der Waals surface area (Å²) in [6, 6.07) is 69.1. The smallest absolute Gasteiger partial charge is 0.151 e. The molecule has 9 aromatic carbocycles. The molecule has 0 saturated carbocycles. The molecule has 0 bridgehead atoms. The summed E-state index contributed by atoms with van der Waals surface area (Å²) in [4.78, 5) is 4.59. The van der Waals surface area contributed by atoms with Gasteiger partial charge in [0, 0.05) is 60.5 Å². The summed E-state index contributed by atoms with van der Waals surface area (Å²) < 4.78 is 17.7. The van der Waals surface area contributed by atoms with E-state index in [9.17, 15) is 0 Å². The van der Waals surface area contributed by atoms with E-state index in [2.05, 4.69) is 167 Å². The number of nitrogens with zero attached hydrogens (tertiary/aromatic N) is 3. The van der Waals surface area contributed by atoms with E-state index in [1.54, 1.807) is 0 Å². The Morgan fingerprint density at radius 3 is 1.39 bits per heavy atom. The fourth-order valence-corrected chi connectivity index (χ4v) is 10.9. The second-order valence-corrected chi connectivity index (χ2v) is 16.8. The lowest BCUT2D eigenvalue weighted by Gasteiger charge is -2.32. The van der Waals surface area contributed by atoms with Gasteiger partial charge in [0.05, 0.1) is 33.8 Å². The predicted octanol–water partition coefficient (Wildman–Crippen LogP) is 16.2. The number of hydrogen-bond donors (Lipinski definition) is 0. The molecule has 11 aromatic rings. The highest BCUT2D eigenvalue weighted by molar-refractivity contribution is 7.26. The average molecular weight is 802 g/mol. The van der Waals surface area contributed by atoms with Gasteiger partial charge in [-0.05, 0) is 96.1 Å². The molecule has 0 amide bonds. The molecule has 61 heavy (non-hydrogen) atoms. The number of hydrogen-bond acceptors (Lipinski definition) is 5. The van der Waals surface area contributed by atoms with Crippen molar-refractivity contribution in [3.63, 3.8) is 0 Å². The first-order valence-corrected chi connectivity index (χ1v) is 21.4. The lowest BCUT2D eigenvalue weighted by molar-refractivity contribution is 0.477. The molecule has 2 aliphatic heterocycles. The Bertz CT molecular complexity index is 3480. The summed E-state index contributed by atoms with van der Waals surface area (Å²) in [5, 5.41) is 5.13. The van der Waals surface area contributed by atoms with Gasteiger partial charge < -0.3 is 23.8 Å². The molecular formula is C55H35N3O2S. The Morgan fingerprint density at radius 1 is 0.393 bits per heavy atom. The maximum Gasteiger partial charge on any atom is 0.151 e. The molecule has 13 rings (SSSR count). The van der Waals surface area contributed by atoms with Crippen LogP contribution in [0.5, 0.6) is 23.0 Å². The van der Waals surface area contributed by atoms with Gasteiger partial charge in [0.25, 0.3) is 0 Å². The average Bonchev–Trinajstić information content (AvgIpc) is 3.84. The monoisotopic (exact) mass is 801 g/mol. The van der Waals surface area contributed by atoms with Gasteiger partial charge in [-0.15, -0.1) is 11.3 Å². The Labute approximate surface area is 356 Å². The zero-order chi connectivity index (χ0) is 40.2. The van der Waals surface area contributed by atoms with E-state index in [0.29, 0.717) is 0 Å². The molecule has 2 aromatic heterocycles. The number of fused-ring (bicyclic) bond motifs is 11. The Kier molecular flexibility index (Phi) is 7.32. The van der Waals surface area contributed by atoms with Gasteiger partial charge in [-0.1, -0.05) is 109 Å². The second kappa shape index (κ2) is 13.1. The van der Waals surface area contributed by atoms with Crippen LogP contribution in [0, 0.1) is 0 Å². The highest BCUT2D eigenvalue weighted by atomic mass is 32.1. The van der Waals surface area contributed by atoms with Crippen LogP contribution < -0.4 is 19.3 Å². The van der Waals surface area contributed by atoms with E-state index in [0.717, 1.165) is 57.1 Å². The molecule has 0 radical (unpaired) electrons. The SMILES string of the molecule is Cn1c2c(-c3ccc(N4c5ccccc5Oc5ccccc54)cc3)cccc2c2c3sc4ccccc4c3cc(-c3ccc(N4c5ccccc5Oc5ccccc54)cc3)c21. The molecule has 0 saturated heterocycles. The molecule has 2 aliphatic rings. The molecule has 0 atom stereocenters. The summed E-state index contributed by atoms with van der Waals surface area (Å²) in [5.74, 6) is 3.39. The standard InChI is InChI=1S/C55H35N3O2S/c1-56-53-38(34-25-29-36(30-26-34)57-43-16-3-7-20-47(43)59-48-21-8-4-17-44(48)57)14-12-15-40(53)52-54(56)41(33-42-39-13-2-11-24-51(39)61-55(42)52)35-27-31-37(32-28-35)58-45-18-5-9-22-49(45)60-50-23-10-6-19-46(50)58/h2-33H,1H3. The van der Waals surface area contributed by atoms with Crippen molar-refractivity contribution < 1.29 is 9.47 Å². The van der Waals surface area contributed by atoms with Gasteiger partial charge in [-0.25, -0.2) is 0 Å². The van der Waals surface area contributed by atoms with Gasteiger partial charge in [-0.2, -0.15) is 0 Å². The minimum absolute atomic E-state index is 0.847. The highest BCUT2D eigenvalue weighted by Gasteiger charge is 2.28. The van der Waals surface area contributed by atoms with Crippen LogP contribution in [0.1, 0.15) is 0 Å². The van der Waals surface area contributed by atoms with Gasteiger partial charge >= 0.3 is 0 Å². The Hall–Kier alpha value is -7.80. The molecule has 6 heteroatoms. The number of anilines is 6. The van der Waals surface area contributed by atoms with Crippen molar-refractivity contribution in [2.24, 2.45) is 7.05 Å². The molecule has 0 unspecified atom stereocenters. The van der Waals surface area contributed by atoms with Crippen LogP contribution in [0.25, 0.3) is 64.2 Å². The van der Waals surface area contributed by atoms with Crippen LogP contribution in [-0.4, -0.2) is 4.57 Å². The molecule has 0 N–H and O–H groups in total. The topological polar surface area (TPSA) is 29.9 Å². The molecule has 0 aliphatic carbocycles. The molecule has 0 fully saturated rings. The maximum atomic E-state index is 6.33. The number of thiophene rings is 1. The fraction of sp³-hybridized carbons (Fsp3) is 0.0182. The van der Waals surface area contributed by atoms with Crippen LogP contribution in [0.2, 0.25) is 0 Å². The first-order valence-electron chi connectivity index (χ1n) is 20.6. The summed E-state index contributed by atoms with van der Waals surface area (Å²) in [6.45, 7) is 0. The lowest BCUT2D eigenvalue weighted by Crippen LogP contribution is -2.15. The van der Waals surface area contributed by atoms with Crippen molar-refractivity contribution in [1.29, 1.82) is 0 Å². The molecule has 0 spiro atoms.